The van der Waals surface area contributed by atoms with Crippen molar-refractivity contribution in [2.45, 2.75) is 10.9 Å². The molecule has 2 heterocycles. The summed E-state index contributed by atoms with van der Waals surface area (Å²) in [5.41, 5.74) is 1.26. The van der Waals surface area contributed by atoms with Gasteiger partial charge >= 0.3 is 0 Å². The van der Waals surface area contributed by atoms with Gasteiger partial charge in [0.1, 0.15) is 4.90 Å². The molecule has 25 heavy (non-hydrogen) atoms. The molecule has 0 spiro atoms. The summed E-state index contributed by atoms with van der Waals surface area (Å²) < 4.78 is 27.7. The van der Waals surface area contributed by atoms with Gasteiger partial charge in [0.15, 0.2) is 0 Å². The average Bonchev–Trinajstić information content (AvgIpc) is 3.13. The monoisotopic (exact) mass is 376 g/mol. The summed E-state index contributed by atoms with van der Waals surface area (Å²) in [6.45, 7) is 2.02. The molecule has 2 aliphatic rings. The molecular weight excluding hydrogens is 356 g/mol. The number of fused-ring (bicyclic) bond motifs is 1. The average molecular weight is 377 g/mol. The van der Waals surface area contributed by atoms with Crippen molar-refractivity contribution < 1.29 is 8.42 Å². The summed E-state index contributed by atoms with van der Waals surface area (Å²) in [6, 6.07) is 17.3. The third-order valence-corrected chi connectivity index (χ3v) is 7.79. The van der Waals surface area contributed by atoms with E-state index in [1.165, 1.54) is 5.56 Å². The first kappa shape index (κ1) is 17.0. The van der Waals surface area contributed by atoms with Crippen LogP contribution in [0.3, 0.4) is 0 Å². The summed E-state index contributed by atoms with van der Waals surface area (Å²) in [5.74, 6) is 0.664. The maximum absolute atomic E-state index is 13.0. The number of likely N-dealkylation sites (tertiary alicyclic amines) is 1. The van der Waals surface area contributed by atoms with E-state index in [1.807, 2.05) is 18.2 Å². The zero-order chi connectivity index (χ0) is 17.6. The van der Waals surface area contributed by atoms with Crippen LogP contribution in [0.15, 0.2) is 59.5 Å². The summed E-state index contributed by atoms with van der Waals surface area (Å²) >= 11 is 6.14. The van der Waals surface area contributed by atoms with E-state index in [0.29, 0.717) is 24.9 Å². The van der Waals surface area contributed by atoms with E-state index in [9.17, 15) is 8.42 Å². The maximum Gasteiger partial charge on any atom is 0.244 e. The van der Waals surface area contributed by atoms with E-state index >= 15 is 0 Å². The molecule has 6 heteroatoms. The lowest BCUT2D eigenvalue weighted by Crippen LogP contribution is -2.33. The summed E-state index contributed by atoms with van der Waals surface area (Å²) in [4.78, 5) is 2.56. The van der Waals surface area contributed by atoms with Gasteiger partial charge < -0.3 is 0 Å². The van der Waals surface area contributed by atoms with Crippen molar-refractivity contribution in [3.05, 3.63) is 65.2 Å². The fourth-order valence-corrected chi connectivity index (χ4v) is 6.39. The first-order chi connectivity index (χ1) is 12.0. The van der Waals surface area contributed by atoms with E-state index in [4.69, 9.17) is 11.6 Å². The Morgan fingerprint density at radius 1 is 0.960 bits per heavy atom. The Kier molecular flexibility index (Phi) is 4.36. The van der Waals surface area contributed by atoms with Crippen LogP contribution in [0.25, 0.3) is 0 Å². The van der Waals surface area contributed by atoms with E-state index in [-0.39, 0.29) is 16.0 Å². The lowest BCUT2D eigenvalue weighted by molar-refractivity contribution is 0.261. The van der Waals surface area contributed by atoms with Gasteiger partial charge in [-0.2, -0.15) is 4.31 Å². The highest BCUT2D eigenvalue weighted by atomic mass is 35.5. The number of nitrogens with zero attached hydrogens (tertiary/aromatic N) is 2. The summed E-state index contributed by atoms with van der Waals surface area (Å²) in [5, 5.41) is 0.288. The quantitative estimate of drug-likeness (QED) is 0.825. The molecule has 3 atom stereocenters. The molecule has 0 bridgehead atoms. The maximum atomic E-state index is 13.0. The Hall–Kier alpha value is -1.40. The van der Waals surface area contributed by atoms with Gasteiger partial charge in [0.25, 0.3) is 0 Å². The van der Waals surface area contributed by atoms with E-state index in [1.54, 1.807) is 28.6 Å². The summed E-state index contributed by atoms with van der Waals surface area (Å²) in [7, 11) is -1.42. The van der Waals surface area contributed by atoms with E-state index in [2.05, 4.69) is 24.1 Å². The minimum absolute atomic E-state index is 0.209. The molecule has 2 aromatic rings. The first-order valence-corrected chi connectivity index (χ1v) is 10.3. The second-order valence-corrected chi connectivity index (χ2v) is 9.29. The second-order valence-electron chi connectivity index (χ2n) is 6.97. The fourth-order valence-electron chi connectivity index (χ4n) is 4.36. The van der Waals surface area contributed by atoms with Crippen molar-refractivity contribution in [2.75, 3.05) is 26.7 Å². The van der Waals surface area contributed by atoms with Gasteiger partial charge in [-0.15, -0.1) is 0 Å². The SMILES string of the molecule is CN1C[C@H]2CN(S(=O)(=O)c3ccccc3Cl)C[C@H]2[C@@H]1c1ccccc1. The topological polar surface area (TPSA) is 40.6 Å². The highest BCUT2D eigenvalue weighted by Gasteiger charge is 2.49. The molecule has 0 amide bonds. The molecular formula is C19H21ClN2O2S. The Morgan fingerprint density at radius 2 is 1.64 bits per heavy atom. The molecule has 2 aliphatic heterocycles. The molecule has 4 rings (SSSR count). The van der Waals surface area contributed by atoms with Crippen LogP contribution in [-0.2, 0) is 10.0 Å². The molecule has 132 valence electrons. The Balaban J connectivity index is 1.62. The molecule has 0 aromatic heterocycles. The lowest BCUT2D eigenvalue weighted by atomic mass is 9.90. The number of sulfonamides is 1. The van der Waals surface area contributed by atoms with Crippen LogP contribution < -0.4 is 0 Å². The number of hydrogen-bond acceptors (Lipinski definition) is 3. The third kappa shape index (κ3) is 2.89. The van der Waals surface area contributed by atoms with Crippen molar-refractivity contribution in [1.29, 1.82) is 0 Å². The van der Waals surface area contributed by atoms with Crippen LogP contribution in [0, 0.1) is 11.8 Å². The summed E-state index contributed by atoms with van der Waals surface area (Å²) in [6.07, 6.45) is 0. The third-order valence-electron chi connectivity index (χ3n) is 5.46. The predicted octanol–water partition coefficient (Wildman–Crippen LogP) is 3.26. The van der Waals surface area contributed by atoms with Crippen LogP contribution >= 0.6 is 11.6 Å². The smallest absolute Gasteiger partial charge is 0.244 e. The highest BCUT2D eigenvalue weighted by molar-refractivity contribution is 7.89. The molecule has 2 aromatic carbocycles. The molecule has 4 nitrogen and oxygen atoms in total. The minimum Gasteiger partial charge on any atom is -0.299 e. The Labute approximate surface area is 154 Å². The Bertz CT molecular complexity index is 872. The normalized spacial score (nSPS) is 27.5. The van der Waals surface area contributed by atoms with Crippen LogP contribution in [0.4, 0.5) is 0 Å². The van der Waals surface area contributed by atoms with E-state index in [0.717, 1.165) is 6.54 Å². The standard InChI is InChI=1S/C19H21ClN2O2S/c1-21-11-15-12-22(25(23,24)18-10-6-5-9-17(18)20)13-16(15)19(21)14-7-3-2-4-8-14/h2-10,15-16,19H,11-13H2,1H3/t15-,16+,19-/m0/s1. The molecule has 0 radical (unpaired) electrons. The number of hydrogen-bond donors (Lipinski definition) is 0. The Morgan fingerprint density at radius 3 is 2.36 bits per heavy atom. The lowest BCUT2D eigenvalue weighted by Gasteiger charge is -2.26. The number of benzene rings is 2. The van der Waals surface area contributed by atoms with Crippen LogP contribution in [0.2, 0.25) is 5.02 Å². The van der Waals surface area contributed by atoms with E-state index < -0.39 is 10.0 Å². The number of rotatable bonds is 3. The van der Waals surface area contributed by atoms with Gasteiger partial charge in [-0.1, -0.05) is 54.1 Å². The van der Waals surface area contributed by atoms with Gasteiger partial charge in [0.05, 0.1) is 5.02 Å². The van der Waals surface area contributed by atoms with Crippen molar-refractivity contribution in [3.8, 4) is 0 Å². The van der Waals surface area contributed by atoms with Crippen molar-refractivity contribution in [2.24, 2.45) is 11.8 Å². The fraction of sp³-hybridized carbons (Fsp3) is 0.368. The van der Waals surface area contributed by atoms with Gasteiger partial charge in [0, 0.05) is 25.7 Å². The number of halogens is 1. The zero-order valence-electron chi connectivity index (χ0n) is 14.0. The van der Waals surface area contributed by atoms with Crippen molar-refractivity contribution in [1.82, 2.24) is 9.21 Å². The van der Waals surface area contributed by atoms with Crippen LogP contribution in [-0.4, -0.2) is 44.3 Å². The van der Waals surface area contributed by atoms with Crippen LogP contribution in [0.5, 0.6) is 0 Å². The first-order valence-electron chi connectivity index (χ1n) is 8.48. The highest BCUT2D eigenvalue weighted by Crippen LogP contribution is 2.45. The van der Waals surface area contributed by atoms with Gasteiger partial charge in [-0.3, -0.25) is 4.90 Å². The minimum atomic E-state index is -3.55. The van der Waals surface area contributed by atoms with Gasteiger partial charge in [-0.25, -0.2) is 8.42 Å². The van der Waals surface area contributed by atoms with Gasteiger partial charge in [-0.05, 0) is 36.6 Å². The molecule has 0 N–H and O–H groups in total. The van der Waals surface area contributed by atoms with Crippen molar-refractivity contribution in [3.63, 3.8) is 0 Å². The molecule has 2 fully saturated rings. The molecule has 0 aliphatic carbocycles. The van der Waals surface area contributed by atoms with Crippen LogP contribution in [0.1, 0.15) is 11.6 Å². The van der Waals surface area contributed by atoms with Gasteiger partial charge in [0.2, 0.25) is 10.0 Å². The predicted molar refractivity (Wildman–Crippen MR) is 99.0 cm³/mol. The zero-order valence-corrected chi connectivity index (χ0v) is 15.6. The molecule has 0 unspecified atom stereocenters. The largest absolute Gasteiger partial charge is 0.299 e. The molecule has 0 saturated carbocycles. The second kappa shape index (κ2) is 6.40. The van der Waals surface area contributed by atoms with Crippen molar-refractivity contribution >= 4 is 21.6 Å². The molecule has 2 saturated heterocycles.